The number of carboxylic acids is 1. The number of aliphatic carboxylic acids is 1. The molecular formula is C15H27N3O2. The molecule has 2 saturated heterocycles. The normalized spacial score (nSPS) is 43.4. The van der Waals surface area contributed by atoms with Crippen molar-refractivity contribution in [3.63, 3.8) is 0 Å². The average molecular weight is 281 g/mol. The van der Waals surface area contributed by atoms with Crippen LogP contribution in [-0.2, 0) is 4.79 Å². The molecular weight excluding hydrogens is 254 g/mol. The lowest BCUT2D eigenvalue weighted by Crippen LogP contribution is -2.55. The van der Waals surface area contributed by atoms with Gasteiger partial charge in [-0.3, -0.25) is 9.69 Å². The Morgan fingerprint density at radius 1 is 1.30 bits per heavy atom. The number of hydrogen-bond acceptors (Lipinski definition) is 4. The second-order valence-corrected chi connectivity index (χ2v) is 7.09. The van der Waals surface area contributed by atoms with Crippen LogP contribution in [0, 0.1) is 5.92 Å². The molecule has 0 aromatic rings. The number of fused-ring (bicyclic) bond motifs is 1. The van der Waals surface area contributed by atoms with Gasteiger partial charge in [0.15, 0.2) is 0 Å². The maximum atomic E-state index is 11.3. The van der Waals surface area contributed by atoms with Crippen LogP contribution in [0.4, 0.5) is 0 Å². The molecule has 0 radical (unpaired) electrons. The second kappa shape index (κ2) is 5.28. The zero-order chi connectivity index (χ0) is 14.3. The molecule has 3 fully saturated rings. The molecule has 114 valence electrons. The molecule has 0 amide bonds. The minimum Gasteiger partial charge on any atom is -0.480 e. The lowest BCUT2D eigenvalue weighted by atomic mass is 9.83. The van der Waals surface area contributed by atoms with E-state index in [4.69, 9.17) is 5.73 Å². The molecule has 2 aliphatic heterocycles. The van der Waals surface area contributed by atoms with Crippen molar-refractivity contribution in [2.24, 2.45) is 11.7 Å². The van der Waals surface area contributed by atoms with E-state index in [-0.39, 0.29) is 0 Å². The Hall–Kier alpha value is -0.650. The Balaban J connectivity index is 1.61. The third-order valence-corrected chi connectivity index (χ3v) is 5.84. The van der Waals surface area contributed by atoms with Crippen molar-refractivity contribution in [2.45, 2.75) is 56.1 Å². The van der Waals surface area contributed by atoms with Gasteiger partial charge in [-0.1, -0.05) is 0 Å². The van der Waals surface area contributed by atoms with Gasteiger partial charge in [0.2, 0.25) is 0 Å². The Labute approximate surface area is 121 Å². The Kier molecular flexibility index (Phi) is 3.77. The van der Waals surface area contributed by atoms with E-state index in [0.717, 1.165) is 31.5 Å². The molecule has 5 nitrogen and oxygen atoms in total. The summed E-state index contributed by atoms with van der Waals surface area (Å²) in [6.45, 7) is 3.47. The Bertz CT molecular complexity index is 389. The van der Waals surface area contributed by atoms with Gasteiger partial charge >= 0.3 is 5.97 Å². The molecule has 2 heterocycles. The van der Waals surface area contributed by atoms with Crippen LogP contribution in [0.3, 0.4) is 0 Å². The van der Waals surface area contributed by atoms with Gasteiger partial charge in [-0.2, -0.15) is 0 Å². The first-order chi connectivity index (χ1) is 9.49. The molecule has 4 unspecified atom stereocenters. The highest BCUT2D eigenvalue weighted by Crippen LogP contribution is 2.36. The SMILES string of the molecule is CN1CCCC2CN(C3CCC(N)(C(=O)O)C3)CCC21. The number of carbonyl (C=O) groups is 1. The predicted octanol–water partition coefficient (Wildman–Crippen LogP) is 0.737. The van der Waals surface area contributed by atoms with Gasteiger partial charge in [-0.25, -0.2) is 0 Å². The molecule has 0 bridgehead atoms. The summed E-state index contributed by atoms with van der Waals surface area (Å²) in [6.07, 6.45) is 6.03. The van der Waals surface area contributed by atoms with Crippen molar-refractivity contribution >= 4 is 5.97 Å². The van der Waals surface area contributed by atoms with Crippen LogP contribution in [0.1, 0.15) is 38.5 Å². The highest BCUT2D eigenvalue weighted by atomic mass is 16.4. The van der Waals surface area contributed by atoms with Gasteiger partial charge in [-0.15, -0.1) is 0 Å². The number of nitrogens with zero attached hydrogens (tertiary/aromatic N) is 2. The maximum absolute atomic E-state index is 11.3. The molecule has 1 saturated carbocycles. The summed E-state index contributed by atoms with van der Waals surface area (Å²) in [6, 6.07) is 1.12. The molecule has 3 aliphatic rings. The number of carboxylic acid groups (broad SMARTS) is 1. The molecule has 5 heteroatoms. The van der Waals surface area contributed by atoms with Gasteiger partial charge in [0.05, 0.1) is 0 Å². The fraction of sp³-hybridized carbons (Fsp3) is 0.933. The van der Waals surface area contributed by atoms with Crippen LogP contribution >= 0.6 is 0 Å². The van der Waals surface area contributed by atoms with Crippen molar-refractivity contribution in [1.29, 1.82) is 0 Å². The summed E-state index contributed by atoms with van der Waals surface area (Å²) in [5.41, 5.74) is 5.04. The van der Waals surface area contributed by atoms with Crippen LogP contribution in [0.15, 0.2) is 0 Å². The third-order valence-electron chi connectivity index (χ3n) is 5.84. The van der Waals surface area contributed by atoms with E-state index in [9.17, 15) is 9.90 Å². The van der Waals surface area contributed by atoms with E-state index in [2.05, 4.69) is 16.8 Å². The van der Waals surface area contributed by atoms with E-state index in [1.807, 2.05) is 0 Å². The van der Waals surface area contributed by atoms with E-state index in [0.29, 0.717) is 18.9 Å². The van der Waals surface area contributed by atoms with Crippen molar-refractivity contribution in [2.75, 3.05) is 26.7 Å². The monoisotopic (exact) mass is 281 g/mol. The summed E-state index contributed by atoms with van der Waals surface area (Å²) < 4.78 is 0. The first kappa shape index (κ1) is 14.3. The summed E-state index contributed by atoms with van der Waals surface area (Å²) in [5, 5.41) is 9.26. The van der Waals surface area contributed by atoms with E-state index in [1.165, 1.54) is 25.8 Å². The van der Waals surface area contributed by atoms with Gasteiger partial charge < -0.3 is 15.7 Å². The van der Waals surface area contributed by atoms with Crippen molar-refractivity contribution in [3.05, 3.63) is 0 Å². The van der Waals surface area contributed by atoms with Gasteiger partial charge in [0.1, 0.15) is 5.54 Å². The van der Waals surface area contributed by atoms with Gasteiger partial charge in [0, 0.05) is 18.6 Å². The van der Waals surface area contributed by atoms with Crippen molar-refractivity contribution in [1.82, 2.24) is 9.80 Å². The fourth-order valence-electron chi connectivity index (χ4n) is 4.57. The number of likely N-dealkylation sites (tertiary alicyclic amines) is 2. The molecule has 0 aromatic carbocycles. The summed E-state index contributed by atoms with van der Waals surface area (Å²) >= 11 is 0. The average Bonchev–Trinajstić information content (AvgIpc) is 2.83. The first-order valence-corrected chi connectivity index (χ1v) is 7.96. The third kappa shape index (κ3) is 2.47. The highest BCUT2D eigenvalue weighted by molar-refractivity contribution is 5.79. The van der Waals surface area contributed by atoms with E-state index < -0.39 is 11.5 Å². The maximum Gasteiger partial charge on any atom is 0.323 e. The topological polar surface area (TPSA) is 69.8 Å². The molecule has 0 aromatic heterocycles. The van der Waals surface area contributed by atoms with Crippen LogP contribution in [0.5, 0.6) is 0 Å². The van der Waals surface area contributed by atoms with Crippen molar-refractivity contribution < 1.29 is 9.90 Å². The van der Waals surface area contributed by atoms with E-state index in [1.54, 1.807) is 0 Å². The molecule has 0 spiro atoms. The second-order valence-electron chi connectivity index (χ2n) is 7.09. The molecule has 4 atom stereocenters. The number of hydrogen-bond donors (Lipinski definition) is 2. The summed E-state index contributed by atoms with van der Waals surface area (Å²) in [7, 11) is 2.25. The lowest BCUT2D eigenvalue weighted by Gasteiger charge is -2.47. The minimum absolute atomic E-state index is 0.379. The molecule has 3 rings (SSSR count). The van der Waals surface area contributed by atoms with Crippen molar-refractivity contribution in [3.8, 4) is 0 Å². The molecule has 3 N–H and O–H groups in total. The number of nitrogens with two attached hydrogens (primary N) is 1. The number of rotatable bonds is 2. The number of piperidine rings is 2. The Morgan fingerprint density at radius 3 is 2.80 bits per heavy atom. The van der Waals surface area contributed by atoms with Crippen LogP contribution in [0.25, 0.3) is 0 Å². The Morgan fingerprint density at radius 2 is 2.10 bits per heavy atom. The quantitative estimate of drug-likeness (QED) is 0.781. The fourth-order valence-corrected chi connectivity index (χ4v) is 4.57. The lowest BCUT2D eigenvalue weighted by molar-refractivity contribution is -0.143. The minimum atomic E-state index is -0.981. The van der Waals surface area contributed by atoms with Gasteiger partial charge in [-0.05, 0) is 64.6 Å². The van der Waals surface area contributed by atoms with E-state index >= 15 is 0 Å². The predicted molar refractivity (Wildman–Crippen MR) is 77.5 cm³/mol. The van der Waals surface area contributed by atoms with Gasteiger partial charge in [0.25, 0.3) is 0 Å². The first-order valence-electron chi connectivity index (χ1n) is 7.96. The zero-order valence-electron chi connectivity index (χ0n) is 12.4. The summed E-state index contributed by atoms with van der Waals surface area (Å²) in [5.74, 6) is -0.0626. The molecule has 1 aliphatic carbocycles. The van der Waals surface area contributed by atoms with Crippen LogP contribution in [-0.4, -0.2) is 65.2 Å². The zero-order valence-corrected chi connectivity index (χ0v) is 12.4. The summed E-state index contributed by atoms with van der Waals surface area (Å²) in [4.78, 5) is 16.3. The van der Waals surface area contributed by atoms with Crippen LogP contribution in [0.2, 0.25) is 0 Å². The largest absolute Gasteiger partial charge is 0.480 e. The molecule has 20 heavy (non-hydrogen) atoms. The van der Waals surface area contributed by atoms with Crippen LogP contribution < -0.4 is 5.73 Å². The highest BCUT2D eigenvalue weighted by Gasteiger charge is 2.45. The smallest absolute Gasteiger partial charge is 0.323 e. The standard InChI is InChI=1S/C15H27N3O2/c1-17-7-2-3-11-10-18(8-5-13(11)17)12-4-6-15(16,9-12)14(19)20/h11-13H,2-10,16H2,1H3,(H,19,20).